The zero-order valence-corrected chi connectivity index (χ0v) is 20.5. The van der Waals surface area contributed by atoms with Crippen molar-refractivity contribution in [3.05, 3.63) is 57.6 Å². The molecule has 2 N–H and O–H groups in total. The number of nitrogens with zero attached hydrogens (tertiary/aromatic N) is 1. The smallest absolute Gasteiger partial charge is 0.257 e. The Morgan fingerprint density at radius 1 is 0.879 bits per heavy atom. The van der Waals surface area contributed by atoms with Gasteiger partial charge in [-0.3, -0.25) is 9.59 Å². The summed E-state index contributed by atoms with van der Waals surface area (Å²) in [6.45, 7) is 4.13. The Kier molecular flexibility index (Phi) is 7.82. The summed E-state index contributed by atoms with van der Waals surface area (Å²) in [4.78, 5) is 28.5. The molecule has 33 heavy (non-hydrogen) atoms. The first-order valence-electron chi connectivity index (χ1n) is 11.9. The van der Waals surface area contributed by atoms with Gasteiger partial charge in [-0.15, -0.1) is 0 Å². The molecule has 1 saturated heterocycles. The lowest BCUT2D eigenvalue weighted by Crippen LogP contribution is -2.38. The van der Waals surface area contributed by atoms with Crippen molar-refractivity contribution in [1.29, 1.82) is 0 Å². The number of rotatable bonds is 5. The number of halogens is 2. The Morgan fingerprint density at radius 3 is 2.30 bits per heavy atom. The highest BCUT2D eigenvalue weighted by atomic mass is 35.5. The van der Waals surface area contributed by atoms with E-state index in [1.165, 1.54) is 6.42 Å². The standard InChI is InChI=1S/C26H31Cl2N3O2/c1-17-11-13-31(14-12-17)24-10-8-20(30-25(32)21-9-7-18(27)15-23(21)28)16-22(24)26(33)29-19-5-3-2-4-6-19/h7-10,15-17,19H,2-6,11-14H2,1H3,(H,29,33)(H,30,32). The molecular formula is C26H31Cl2N3O2. The van der Waals surface area contributed by atoms with Gasteiger partial charge in [-0.05, 0) is 68.0 Å². The average Bonchev–Trinajstić information content (AvgIpc) is 2.80. The van der Waals surface area contributed by atoms with Crippen LogP contribution in [0.3, 0.4) is 0 Å². The molecule has 1 saturated carbocycles. The van der Waals surface area contributed by atoms with Gasteiger partial charge < -0.3 is 15.5 Å². The van der Waals surface area contributed by atoms with Crippen LogP contribution in [0.15, 0.2) is 36.4 Å². The number of carbonyl (C=O) groups is 2. The van der Waals surface area contributed by atoms with E-state index >= 15 is 0 Å². The topological polar surface area (TPSA) is 61.4 Å². The Hall–Kier alpha value is -2.24. The zero-order valence-electron chi connectivity index (χ0n) is 19.0. The molecular weight excluding hydrogens is 457 g/mol. The van der Waals surface area contributed by atoms with Gasteiger partial charge in [0.15, 0.2) is 0 Å². The van der Waals surface area contributed by atoms with Gasteiger partial charge >= 0.3 is 0 Å². The lowest BCUT2D eigenvalue weighted by Gasteiger charge is -2.34. The second kappa shape index (κ2) is 10.8. The summed E-state index contributed by atoms with van der Waals surface area (Å²) in [6, 6.07) is 10.6. The van der Waals surface area contributed by atoms with E-state index in [2.05, 4.69) is 22.5 Å². The molecule has 1 aliphatic heterocycles. The van der Waals surface area contributed by atoms with E-state index in [1.807, 2.05) is 12.1 Å². The van der Waals surface area contributed by atoms with Crippen LogP contribution in [0.1, 0.15) is 72.6 Å². The summed E-state index contributed by atoms with van der Waals surface area (Å²) in [5, 5.41) is 6.88. The molecule has 2 aromatic carbocycles. The predicted molar refractivity (Wildman–Crippen MR) is 136 cm³/mol. The maximum absolute atomic E-state index is 13.4. The third-order valence-corrected chi connectivity index (χ3v) is 7.29. The predicted octanol–water partition coefficient (Wildman–Crippen LogP) is 6.54. The minimum absolute atomic E-state index is 0.0730. The van der Waals surface area contributed by atoms with Crippen molar-refractivity contribution in [2.45, 2.75) is 57.9 Å². The van der Waals surface area contributed by atoms with Crippen LogP contribution >= 0.6 is 23.2 Å². The molecule has 0 radical (unpaired) electrons. The highest BCUT2D eigenvalue weighted by Gasteiger charge is 2.24. The Labute approximate surface area is 205 Å². The third-order valence-electron chi connectivity index (χ3n) is 6.74. The number of nitrogens with one attached hydrogen (secondary N) is 2. The summed E-state index contributed by atoms with van der Waals surface area (Å²) in [5.41, 5.74) is 2.44. The molecule has 0 unspecified atom stereocenters. The molecule has 176 valence electrons. The van der Waals surface area contributed by atoms with Crippen molar-refractivity contribution >= 4 is 46.4 Å². The first kappa shape index (κ1) is 23.9. The Bertz CT molecular complexity index is 1010. The summed E-state index contributed by atoms with van der Waals surface area (Å²) in [6.07, 6.45) is 7.80. The molecule has 2 amide bonds. The molecule has 0 spiro atoms. The lowest BCUT2D eigenvalue weighted by atomic mass is 9.95. The van der Waals surface area contributed by atoms with E-state index in [1.54, 1.807) is 24.3 Å². The quantitative estimate of drug-likeness (QED) is 0.502. The van der Waals surface area contributed by atoms with Crippen LogP contribution in [0.5, 0.6) is 0 Å². The van der Waals surface area contributed by atoms with Gasteiger partial charge in [0.1, 0.15) is 0 Å². The second-order valence-electron chi connectivity index (χ2n) is 9.29. The maximum atomic E-state index is 13.4. The number of hydrogen-bond acceptors (Lipinski definition) is 3. The summed E-state index contributed by atoms with van der Waals surface area (Å²) >= 11 is 12.2. The third kappa shape index (κ3) is 6.01. The molecule has 0 aromatic heterocycles. The fourth-order valence-corrected chi connectivity index (χ4v) is 5.20. The van der Waals surface area contributed by atoms with E-state index in [-0.39, 0.29) is 22.9 Å². The Morgan fingerprint density at radius 2 is 1.61 bits per heavy atom. The van der Waals surface area contributed by atoms with Crippen LogP contribution in [0, 0.1) is 5.92 Å². The van der Waals surface area contributed by atoms with Gasteiger partial charge in [0.2, 0.25) is 0 Å². The van der Waals surface area contributed by atoms with E-state index in [9.17, 15) is 9.59 Å². The van der Waals surface area contributed by atoms with Gasteiger partial charge in [0.25, 0.3) is 11.8 Å². The fourth-order valence-electron chi connectivity index (χ4n) is 4.70. The van der Waals surface area contributed by atoms with Crippen molar-refractivity contribution in [2.75, 3.05) is 23.3 Å². The molecule has 2 aromatic rings. The SMILES string of the molecule is CC1CCN(c2ccc(NC(=O)c3ccc(Cl)cc3Cl)cc2C(=O)NC2CCCCC2)CC1. The van der Waals surface area contributed by atoms with Crippen LogP contribution in [0.4, 0.5) is 11.4 Å². The molecule has 1 aliphatic carbocycles. The van der Waals surface area contributed by atoms with Gasteiger partial charge in [-0.2, -0.15) is 0 Å². The number of amides is 2. The first-order valence-corrected chi connectivity index (χ1v) is 12.6. The fraction of sp³-hybridized carbons (Fsp3) is 0.462. The second-order valence-corrected chi connectivity index (χ2v) is 10.1. The normalized spacial score (nSPS) is 17.6. The number of anilines is 2. The minimum atomic E-state index is -0.338. The molecule has 1 heterocycles. The number of carbonyl (C=O) groups excluding carboxylic acids is 2. The molecule has 2 aliphatic rings. The van der Waals surface area contributed by atoms with E-state index < -0.39 is 0 Å². The first-order chi connectivity index (χ1) is 15.9. The van der Waals surface area contributed by atoms with E-state index in [0.717, 1.165) is 57.3 Å². The molecule has 0 atom stereocenters. The zero-order chi connectivity index (χ0) is 23.4. The lowest BCUT2D eigenvalue weighted by molar-refractivity contribution is 0.0927. The summed E-state index contributed by atoms with van der Waals surface area (Å²) in [7, 11) is 0. The minimum Gasteiger partial charge on any atom is -0.371 e. The molecule has 4 rings (SSSR count). The van der Waals surface area contributed by atoms with Gasteiger partial charge in [-0.1, -0.05) is 49.4 Å². The monoisotopic (exact) mass is 487 g/mol. The van der Waals surface area contributed by atoms with Crippen molar-refractivity contribution in [3.63, 3.8) is 0 Å². The van der Waals surface area contributed by atoms with Crippen LogP contribution in [0.25, 0.3) is 0 Å². The van der Waals surface area contributed by atoms with Crippen LogP contribution in [0.2, 0.25) is 10.0 Å². The van der Waals surface area contributed by atoms with Crippen molar-refractivity contribution in [2.24, 2.45) is 5.92 Å². The van der Waals surface area contributed by atoms with Crippen LogP contribution < -0.4 is 15.5 Å². The molecule has 2 fully saturated rings. The highest BCUT2D eigenvalue weighted by molar-refractivity contribution is 6.37. The number of benzene rings is 2. The van der Waals surface area contributed by atoms with Crippen LogP contribution in [-0.4, -0.2) is 30.9 Å². The van der Waals surface area contributed by atoms with Crippen molar-refractivity contribution in [3.8, 4) is 0 Å². The molecule has 7 heteroatoms. The van der Waals surface area contributed by atoms with Gasteiger partial charge in [-0.25, -0.2) is 0 Å². The van der Waals surface area contributed by atoms with E-state index in [0.29, 0.717) is 27.8 Å². The van der Waals surface area contributed by atoms with Crippen molar-refractivity contribution in [1.82, 2.24) is 5.32 Å². The molecule has 0 bridgehead atoms. The van der Waals surface area contributed by atoms with Crippen molar-refractivity contribution < 1.29 is 9.59 Å². The Balaban J connectivity index is 1.58. The number of hydrogen-bond donors (Lipinski definition) is 2. The van der Waals surface area contributed by atoms with E-state index in [4.69, 9.17) is 23.2 Å². The van der Waals surface area contributed by atoms with Gasteiger partial charge in [0.05, 0.1) is 16.1 Å². The van der Waals surface area contributed by atoms with Gasteiger partial charge in [0, 0.05) is 35.5 Å². The highest BCUT2D eigenvalue weighted by Crippen LogP contribution is 2.30. The number of piperidine rings is 1. The summed E-state index contributed by atoms with van der Waals surface area (Å²) in [5.74, 6) is 0.287. The summed E-state index contributed by atoms with van der Waals surface area (Å²) < 4.78 is 0. The van der Waals surface area contributed by atoms with Crippen LogP contribution in [-0.2, 0) is 0 Å². The largest absolute Gasteiger partial charge is 0.371 e. The maximum Gasteiger partial charge on any atom is 0.257 e. The average molecular weight is 488 g/mol. The molecule has 5 nitrogen and oxygen atoms in total.